The maximum Gasteiger partial charge on any atom is 0.151 e. The highest BCUT2D eigenvalue weighted by atomic mass is 32.2. The minimum absolute atomic E-state index is 0.189. The molecule has 0 aliphatic heterocycles. The van der Waals surface area contributed by atoms with Crippen molar-refractivity contribution < 1.29 is 13.0 Å². The first-order valence-corrected chi connectivity index (χ1v) is 10.9. The quantitative estimate of drug-likeness (QED) is 0.448. The second kappa shape index (κ2) is 8.19. The zero-order chi connectivity index (χ0) is 22.2. The lowest BCUT2D eigenvalue weighted by molar-refractivity contribution is 0.473. The summed E-state index contributed by atoms with van der Waals surface area (Å²) in [6, 6.07) is 15.2. The normalized spacial score (nSPS) is 12.8. The van der Waals surface area contributed by atoms with E-state index in [2.05, 4.69) is 14.8 Å². The largest absolute Gasteiger partial charge is 0.285 e. The summed E-state index contributed by atoms with van der Waals surface area (Å²) in [4.78, 5) is 4.61. The van der Waals surface area contributed by atoms with Crippen LogP contribution in [0.5, 0.6) is 0 Å². The van der Waals surface area contributed by atoms with E-state index in [1.54, 1.807) is 24.4 Å². The average molecular weight is 441 g/mol. The molecule has 8 heteroatoms. The molecule has 2 aromatic carbocycles. The number of pyridine rings is 1. The van der Waals surface area contributed by atoms with Gasteiger partial charge in [-0.1, -0.05) is 32.9 Å². The number of aromatic nitrogens is 3. The lowest BCUT2D eigenvalue weighted by Gasteiger charge is -2.20. The second-order valence-corrected chi connectivity index (χ2v) is 9.39. The van der Waals surface area contributed by atoms with Crippen molar-refractivity contribution in [3.05, 3.63) is 77.9 Å². The molecule has 0 spiro atoms. The summed E-state index contributed by atoms with van der Waals surface area (Å²) in [5.74, 6) is -0.0825. The van der Waals surface area contributed by atoms with Gasteiger partial charge in [0.25, 0.3) is 0 Å². The van der Waals surface area contributed by atoms with Gasteiger partial charge in [0.05, 0.1) is 21.8 Å². The van der Waals surface area contributed by atoms with Crippen LogP contribution in [0, 0.1) is 5.82 Å². The molecule has 0 fully saturated rings. The molecule has 1 atom stereocenters. The molecule has 0 bridgehead atoms. The summed E-state index contributed by atoms with van der Waals surface area (Å²) in [6.45, 7) is 4.97. The number of hydrogen-bond donors (Lipinski definition) is 1. The first-order valence-electron chi connectivity index (χ1n) is 9.75. The molecule has 0 aliphatic carbocycles. The van der Waals surface area contributed by atoms with Crippen LogP contribution < -0.4 is 4.72 Å². The summed E-state index contributed by atoms with van der Waals surface area (Å²) in [5, 5.41) is 5.12. The summed E-state index contributed by atoms with van der Waals surface area (Å²) >= 11 is 0. The van der Waals surface area contributed by atoms with Crippen molar-refractivity contribution >= 4 is 27.7 Å². The van der Waals surface area contributed by atoms with E-state index in [0.29, 0.717) is 17.1 Å². The van der Waals surface area contributed by atoms with E-state index in [9.17, 15) is 13.0 Å². The molecule has 0 saturated carbocycles. The monoisotopic (exact) mass is 440 g/mol. The number of fused-ring (bicyclic) bond motifs is 1. The highest BCUT2D eigenvalue weighted by Crippen LogP contribution is 2.28. The predicted molar refractivity (Wildman–Crippen MR) is 119 cm³/mol. The summed E-state index contributed by atoms with van der Waals surface area (Å²) in [6.07, 6.45) is 1.69. The van der Waals surface area contributed by atoms with Gasteiger partial charge in [0.2, 0.25) is 0 Å². The van der Waals surface area contributed by atoms with E-state index in [-0.39, 0.29) is 16.0 Å². The van der Waals surface area contributed by atoms with Gasteiger partial charge in [0, 0.05) is 17.6 Å². The van der Waals surface area contributed by atoms with Crippen molar-refractivity contribution in [2.75, 3.05) is 4.72 Å². The molecule has 160 valence electrons. The average Bonchev–Trinajstić information content (AvgIpc) is 3.15. The molecule has 2 heterocycles. The second-order valence-electron chi connectivity index (χ2n) is 8.18. The van der Waals surface area contributed by atoms with Crippen LogP contribution in [0.25, 0.3) is 16.6 Å². The van der Waals surface area contributed by atoms with Gasteiger partial charge in [-0.2, -0.15) is 5.10 Å². The number of nitrogens with one attached hydrogen (secondary N) is 1. The van der Waals surface area contributed by atoms with Gasteiger partial charge in [-0.05, 0) is 47.4 Å². The number of anilines is 1. The van der Waals surface area contributed by atoms with E-state index < -0.39 is 23.5 Å². The van der Waals surface area contributed by atoms with Crippen molar-refractivity contribution in [2.24, 2.45) is 0 Å². The molecule has 1 N–H and O–H groups in total. The molecular formula is C23H22F2N4OS. The van der Waals surface area contributed by atoms with Gasteiger partial charge in [-0.15, -0.1) is 0 Å². The standard InChI is InChI=1S/C23H22F2N4OS/c1-23(2,3)18-10-9-16(13-19(18)25)31(30)28-22-12-15(14-24)27-29(22)21-8-4-7-20-17(21)6-5-11-26-20/h4-13,28H,14H2,1-3H3. The topological polar surface area (TPSA) is 59.8 Å². The zero-order valence-electron chi connectivity index (χ0n) is 17.4. The van der Waals surface area contributed by atoms with E-state index in [4.69, 9.17) is 0 Å². The third kappa shape index (κ3) is 4.20. The van der Waals surface area contributed by atoms with Crippen LogP contribution in [0.4, 0.5) is 14.6 Å². The van der Waals surface area contributed by atoms with E-state index in [0.717, 1.165) is 10.9 Å². The van der Waals surface area contributed by atoms with Crippen molar-refractivity contribution in [1.82, 2.24) is 14.8 Å². The van der Waals surface area contributed by atoms with Crippen LogP contribution in [-0.2, 0) is 23.1 Å². The first-order chi connectivity index (χ1) is 14.8. The fourth-order valence-electron chi connectivity index (χ4n) is 3.40. The Morgan fingerprint density at radius 3 is 2.61 bits per heavy atom. The number of rotatable bonds is 5. The Labute approximate surface area is 181 Å². The Hall–Kier alpha value is -3.13. The summed E-state index contributed by atoms with van der Waals surface area (Å²) in [7, 11) is -1.78. The van der Waals surface area contributed by atoms with Gasteiger partial charge in [0.15, 0.2) is 11.0 Å². The van der Waals surface area contributed by atoms with Crippen molar-refractivity contribution in [3.8, 4) is 5.69 Å². The van der Waals surface area contributed by atoms with Gasteiger partial charge in [-0.25, -0.2) is 17.7 Å². The Kier molecular flexibility index (Phi) is 5.58. The first kappa shape index (κ1) is 21.1. The lowest BCUT2D eigenvalue weighted by atomic mass is 9.87. The molecule has 0 aliphatic rings. The number of benzene rings is 2. The van der Waals surface area contributed by atoms with Crippen LogP contribution in [-0.4, -0.2) is 19.0 Å². The number of alkyl halides is 1. The van der Waals surface area contributed by atoms with Crippen LogP contribution in [0.1, 0.15) is 32.0 Å². The predicted octanol–water partition coefficient (Wildman–Crippen LogP) is 5.46. The Balaban J connectivity index is 1.72. The molecule has 4 rings (SSSR count). The molecule has 1 unspecified atom stereocenters. The minimum atomic E-state index is -1.78. The molecule has 4 aromatic rings. The molecule has 5 nitrogen and oxygen atoms in total. The molecule has 31 heavy (non-hydrogen) atoms. The SMILES string of the molecule is CC(C)(C)c1ccc(S(=O)Nc2cc(CF)nn2-c2cccc3ncccc23)cc1F. The molecule has 2 aromatic heterocycles. The number of nitrogens with zero attached hydrogens (tertiary/aromatic N) is 3. The fourth-order valence-corrected chi connectivity index (χ4v) is 4.25. The summed E-state index contributed by atoms with van der Waals surface area (Å²) in [5.41, 5.74) is 1.79. The van der Waals surface area contributed by atoms with Crippen molar-refractivity contribution in [1.29, 1.82) is 0 Å². The molecular weight excluding hydrogens is 418 g/mol. The van der Waals surface area contributed by atoms with Crippen LogP contribution in [0.3, 0.4) is 0 Å². The molecule has 0 amide bonds. The third-order valence-electron chi connectivity index (χ3n) is 4.91. The van der Waals surface area contributed by atoms with Gasteiger partial charge in [0.1, 0.15) is 18.3 Å². The van der Waals surface area contributed by atoms with Crippen LogP contribution >= 0.6 is 0 Å². The Bertz CT molecular complexity index is 1280. The highest BCUT2D eigenvalue weighted by Gasteiger charge is 2.20. The maximum atomic E-state index is 14.6. The Morgan fingerprint density at radius 2 is 1.90 bits per heavy atom. The van der Waals surface area contributed by atoms with Gasteiger partial charge in [-0.3, -0.25) is 9.71 Å². The highest BCUT2D eigenvalue weighted by molar-refractivity contribution is 7.86. The van der Waals surface area contributed by atoms with E-state index in [1.165, 1.54) is 16.8 Å². The Morgan fingerprint density at radius 1 is 1.10 bits per heavy atom. The van der Waals surface area contributed by atoms with E-state index >= 15 is 0 Å². The van der Waals surface area contributed by atoms with Gasteiger partial charge >= 0.3 is 0 Å². The van der Waals surface area contributed by atoms with Crippen molar-refractivity contribution in [2.45, 2.75) is 37.8 Å². The minimum Gasteiger partial charge on any atom is -0.285 e. The van der Waals surface area contributed by atoms with E-state index in [1.807, 2.05) is 45.0 Å². The smallest absolute Gasteiger partial charge is 0.151 e. The zero-order valence-corrected chi connectivity index (χ0v) is 18.2. The van der Waals surface area contributed by atoms with Crippen LogP contribution in [0.15, 0.2) is 65.7 Å². The number of hydrogen-bond acceptors (Lipinski definition) is 3. The maximum absolute atomic E-state index is 14.6. The van der Waals surface area contributed by atoms with Crippen LogP contribution in [0.2, 0.25) is 0 Å². The fraction of sp³-hybridized carbons (Fsp3) is 0.217. The molecule has 0 radical (unpaired) electrons. The number of halogens is 2. The summed E-state index contributed by atoms with van der Waals surface area (Å²) < 4.78 is 45.3. The third-order valence-corrected chi connectivity index (χ3v) is 5.98. The lowest BCUT2D eigenvalue weighted by Crippen LogP contribution is -2.15. The molecule has 0 saturated heterocycles. The van der Waals surface area contributed by atoms with Crippen molar-refractivity contribution in [3.63, 3.8) is 0 Å². The van der Waals surface area contributed by atoms with Gasteiger partial charge < -0.3 is 0 Å².